The number of rotatable bonds is 6. The second kappa shape index (κ2) is 14.8. The van der Waals surface area contributed by atoms with Crippen molar-refractivity contribution in [1.29, 1.82) is 0 Å². The Labute approximate surface area is 354 Å². The molecule has 2 bridgehead atoms. The molecule has 2 aromatic carbocycles. The number of nitrogens with zero attached hydrogens (tertiary/aromatic N) is 1. The minimum Gasteiger partial charge on any atom is -0.456 e. The van der Waals surface area contributed by atoms with Crippen molar-refractivity contribution < 1.29 is 67.4 Å². The van der Waals surface area contributed by atoms with Crippen LogP contribution in [0.2, 0.25) is 0 Å². The number of ketones is 2. The van der Waals surface area contributed by atoms with Gasteiger partial charge >= 0.3 is 24.0 Å². The van der Waals surface area contributed by atoms with Crippen LogP contribution in [0.1, 0.15) is 104 Å². The molecule has 15 nitrogen and oxygen atoms in total. The van der Waals surface area contributed by atoms with Crippen molar-refractivity contribution in [3.63, 3.8) is 0 Å². The number of aliphatic hydroxyl groups is 2. The van der Waals surface area contributed by atoms with Crippen molar-refractivity contribution in [2.75, 3.05) is 6.61 Å². The Kier molecular flexibility index (Phi) is 10.7. The van der Waals surface area contributed by atoms with Crippen LogP contribution in [-0.2, 0) is 47.6 Å². The Morgan fingerprint density at radius 3 is 2.07 bits per heavy atom. The average molecular weight is 846 g/mol. The van der Waals surface area contributed by atoms with E-state index in [9.17, 15) is 39.0 Å². The predicted octanol–water partition coefficient (Wildman–Crippen LogP) is 4.95. The minimum absolute atomic E-state index is 0.0857. The van der Waals surface area contributed by atoms with Gasteiger partial charge in [0.15, 0.2) is 11.7 Å². The van der Waals surface area contributed by atoms with Gasteiger partial charge < -0.3 is 38.6 Å². The van der Waals surface area contributed by atoms with Crippen molar-refractivity contribution in [2.45, 2.75) is 141 Å². The van der Waals surface area contributed by atoms with E-state index in [2.05, 4.69) is 0 Å². The first-order chi connectivity index (χ1) is 28.3. The maximum absolute atomic E-state index is 15.0. The zero-order chi connectivity index (χ0) is 44.8. The van der Waals surface area contributed by atoms with Crippen LogP contribution in [0.3, 0.4) is 0 Å². The molecule has 5 aliphatic rings. The van der Waals surface area contributed by atoms with Gasteiger partial charge in [0.1, 0.15) is 41.3 Å². The van der Waals surface area contributed by atoms with Crippen molar-refractivity contribution in [3.05, 3.63) is 82.9 Å². The molecule has 2 aromatic rings. The molecule has 2 saturated heterocycles. The lowest BCUT2D eigenvalue weighted by atomic mass is 9.45. The maximum atomic E-state index is 15.0. The molecule has 2 saturated carbocycles. The highest BCUT2D eigenvalue weighted by atomic mass is 16.6. The van der Waals surface area contributed by atoms with Gasteiger partial charge in [-0.1, -0.05) is 62.4 Å². The zero-order valence-electron chi connectivity index (χ0n) is 36.2. The van der Waals surface area contributed by atoms with Crippen molar-refractivity contribution in [2.24, 2.45) is 16.7 Å². The molecule has 10 atom stereocenters. The van der Waals surface area contributed by atoms with E-state index in [0.717, 1.165) is 6.92 Å². The summed E-state index contributed by atoms with van der Waals surface area (Å²) in [4.78, 5) is 87.0. The molecule has 1 unspecified atom stereocenters. The Morgan fingerprint density at radius 2 is 1.51 bits per heavy atom. The summed E-state index contributed by atoms with van der Waals surface area (Å²) >= 11 is 0. The van der Waals surface area contributed by atoms with Gasteiger partial charge in [-0.15, -0.1) is 0 Å². The topological polar surface area (TPSA) is 201 Å². The first-order valence-electron chi connectivity index (χ1n) is 20.6. The summed E-state index contributed by atoms with van der Waals surface area (Å²) in [5, 5.41) is 25.5. The van der Waals surface area contributed by atoms with E-state index in [-0.39, 0.29) is 29.7 Å². The maximum Gasteiger partial charge on any atom is 0.413 e. The number of aliphatic hydroxyl groups excluding tert-OH is 1. The molecule has 0 aromatic heterocycles. The van der Waals surface area contributed by atoms with E-state index in [4.69, 9.17) is 28.4 Å². The first-order valence-corrected chi connectivity index (χ1v) is 20.6. The molecule has 2 aliphatic heterocycles. The van der Waals surface area contributed by atoms with Crippen LogP contribution in [0.5, 0.6) is 0 Å². The number of Topliss-reactive ketones (excluding diaryl/α,β-unsaturated/α-hetero) is 2. The number of carbonyl (C=O) groups is 6. The summed E-state index contributed by atoms with van der Waals surface area (Å²) in [6.07, 6.45) is -8.74. The third kappa shape index (κ3) is 6.88. The standard InChI is InChI=1S/C46H55NO14/c1-24-28(57-39(53)34-32(26-17-13-11-14-18-26)47(43(8,9)60-34)40(54)61-41(3,4)5)22-46(55)37(58-38(52)27-19-15-12-16-20-27)35-44(10,36(51)33(50)31(24)42(46,6)7)29(49)21-30-45(35,23-56-30)59-25(2)48/h11-20,28-30,32,34-35,37,49,55H,21-23H2,1-10H3/t28-,29-,30+,32-,34?,35-,37-,44+,45-,46+/m0/s1. The number of ether oxygens (including phenoxy) is 6. The largest absolute Gasteiger partial charge is 0.456 e. The van der Waals surface area contributed by atoms with Crippen molar-refractivity contribution in [1.82, 2.24) is 4.90 Å². The number of carbonyl (C=O) groups excluding carboxylic acids is 6. The Balaban J connectivity index is 1.38. The number of hydrogen-bond donors (Lipinski definition) is 2. The Morgan fingerprint density at radius 1 is 0.902 bits per heavy atom. The van der Waals surface area contributed by atoms with Crippen LogP contribution < -0.4 is 0 Å². The lowest BCUT2D eigenvalue weighted by Gasteiger charge is -2.66. The van der Waals surface area contributed by atoms with Gasteiger partial charge in [0, 0.05) is 30.8 Å². The van der Waals surface area contributed by atoms with Crippen LogP contribution in [0, 0.1) is 16.7 Å². The van der Waals surface area contributed by atoms with Crippen LogP contribution in [0.4, 0.5) is 4.79 Å². The number of fused-ring (bicyclic) bond motifs is 5. The fourth-order valence-corrected chi connectivity index (χ4v) is 10.5. The fraction of sp³-hybridized carbons (Fsp3) is 0.565. The second-order valence-electron chi connectivity index (χ2n) is 19.1. The molecular weight excluding hydrogens is 790 g/mol. The summed E-state index contributed by atoms with van der Waals surface area (Å²) in [5.74, 6) is -6.34. The summed E-state index contributed by atoms with van der Waals surface area (Å²) in [6.45, 7) is 15.1. The molecule has 2 N–H and O–H groups in total. The molecule has 61 heavy (non-hydrogen) atoms. The van der Waals surface area contributed by atoms with Gasteiger partial charge in [0.25, 0.3) is 0 Å². The summed E-state index contributed by atoms with van der Waals surface area (Å²) in [7, 11) is 0. The zero-order valence-corrected chi connectivity index (χ0v) is 36.2. The second-order valence-corrected chi connectivity index (χ2v) is 19.1. The predicted molar refractivity (Wildman–Crippen MR) is 214 cm³/mol. The molecule has 2 heterocycles. The third-order valence-corrected chi connectivity index (χ3v) is 13.5. The molecule has 0 spiro atoms. The summed E-state index contributed by atoms with van der Waals surface area (Å²) in [5.41, 5.74) is -9.68. The monoisotopic (exact) mass is 845 g/mol. The first kappa shape index (κ1) is 44.1. The van der Waals surface area contributed by atoms with Gasteiger partial charge in [0.2, 0.25) is 11.6 Å². The molecule has 1 amide bonds. The number of esters is 3. The lowest BCUT2D eigenvalue weighted by Crippen LogP contribution is -2.81. The summed E-state index contributed by atoms with van der Waals surface area (Å²) < 4.78 is 36.6. The molecule has 328 valence electrons. The Bertz CT molecular complexity index is 2180. The normalized spacial score (nSPS) is 35.1. The van der Waals surface area contributed by atoms with Gasteiger partial charge in [-0.2, -0.15) is 0 Å². The van der Waals surface area contributed by atoms with E-state index in [1.54, 1.807) is 83.1 Å². The Hall–Kier alpha value is -4.96. The van der Waals surface area contributed by atoms with Crippen LogP contribution in [0.25, 0.3) is 0 Å². The molecule has 7 rings (SSSR count). The van der Waals surface area contributed by atoms with E-state index in [1.807, 2.05) is 0 Å². The van der Waals surface area contributed by atoms with Gasteiger partial charge in [-0.3, -0.25) is 19.3 Å². The number of benzene rings is 2. The summed E-state index contributed by atoms with van der Waals surface area (Å²) in [6, 6.07) is 15.6. The molecular formula is C46H55NO14. The SMILES string of the molecule is CC(=O)O[C@@]12CO[C@@H]1C[C@H](O)[C@@]1(C)C(=O)C(=O)C3=C(C)[C@@H](OC(=O)C4OC(C)(C)N(C(=O)OC(C)(C)C)[C@H]4c4ccccc4)C[C@@](O)([C@@H](OC(=O)c4ccccc4)[C@H]21)C3(C)C. The number of amides is 1. The minimum atomic E-state index is -2.37. The average Bonchev–Trinajstić information content (AvgIpc) is 3.47. The smallest absolute Gasteiger partial charge is 0.413 e. The molecule has 0 radical (unpaired) electrons. The number of hydrogen-bond acceptors (Lipinski definition) is 14. The highest BCUT2D eigenvalue weighted by Gasteiger charge is 2.78. The highest BCUT2D eigenvalue weighted by Crippen LogP contribution is 2.63. The van der Waals surface area contributed by atoms with E-state index in [1.165, 1.54) is 44.7 Å². The molecule has 3 aliphatic carbocycles. The van der Waals surface area contributed by atoms with Crippen LogP contribution in [-0.4, -0.2) is 110 Å². The lowest BCUT2D eigenvalue weighted by molar-refractivity contribution is -0.343. The fourth-order valence-electron chi connectivity index (χ4n) is 10.5. The van der Waals surface area contributed by atoms with E-state index >= 15 is 0 Å². The van der Waals surface area contributed by atoms with Gasteiger partial charge in [0.05, 0.1) is 29.6 Å². The molecule has 4 fully saturated rings. The van der Waals surface area contributed by atoms with Gasteiger partial charge in [-0.05, 0) is 71.7 Å². The molecule has 15 heteroatoms. The highest BCUT2D eigenvalue weighted by molar-refractivity contribution is 6.46. The van der Waals surface area contributed by atoms with E-state index < -0.39 is 118 Å². The van der Waals surface area contributed by atoms with E-state index in [0.29, 0.717) is 5.56 Å². The quantitative estimate of drug-likeness (QED) is 0.225. The van der Waals surface area contributed by atoms with Crippen LogP contribution >= 0.6 is 0 Å². The van der Waals surface area contributed by atoms with Crippen molar-refractivity contribution >= 4 is 35.6 Å². The van der Waals surface area contributed by atoms with Gasteiger partial charge in [-0.25, -0.2) is 14.4 Å². The van der Waals surface area contributed by atoms with Crippen LogP contribution in [0.15, 0.2) is 71.8 Å². The van der Waals surface area contributed by atoms with Crippen molar-refractivity contribution in [3.8, 4) is 0 Å². The third-order valence-electron chi connectivity index (χ3n) is 13.5.